The number of aromatic nitrogens is 3. The van der Waals surface area contributed by atoms with Crippen molar-refractivity contribution in [2.24, 2.45) is 5.92 Å². The van der Waals surface area contributed by atoms with Gasteiger partial charge >= 0.3 is 6.18 Å². The molecule has 0 bridgehead atoms. The maximum absolute atomic E-state index is 12.7. The highest BCUT2D eigenvalue weighted by atomic mass is 19.4. The zero-order valence-electron chi connectivity index (χ0n) is 11.5. The first-order valence-corrected chi connectivity index (χ1v) is 6.75. The second kappa shape index (κ2) is 4.75. The number of benzene rings is 1. The number of halogens is 3. The molecule has 1 unspecified atom stereocenters. The summed E-state index contributed by atoms with van der Waals surface area (Å²) in [7, 11) is 0. The van der Waals surface area contributed by atoms with Crippen LogP contribution in [0.2, 0.25) is 0 Å². The Morgan fingerprint density at radius 1 is 1.29 bits per heavy atom. The molecule has 2 heterocycles. The van der Waals surface area contributed by atoms with Gasteiger partial charge in [0.1, 0.15) is 5.82 Å². The molecule has 112 valence electrons. The fourth-order valence-electron chi connectivity index (χ4n) is 2.63. The number of nitrogens with zero attached hydrogens (tertiary/aromatic N) is 3. The van der Waals surface area contributed by atoms with E-state index in [9.17, 15) is 13.2 Å². The summed E-state index contributed by atoms with van der Waals surface area (Å²) in [5, 5.41) is 8.24. The van der Waals surface area contributed by atoms with Crippen molar-refractivity contribution >= 4 is 5.69 Å². The average molecular weight is 296 g/mol. The van der Waals surface area contributed by atoms with Crippen molar-refractivity contribution in [2.75, 3.05) is 5.73 Å². The lowest BCUT2D eigenvalue weighted by molar-refractivity contribution is -0.137. The number of nitrogen functional groups attached to an aromatic ring is 1. The summed E-state index contributed by atoms with van der Waals surface area (Å²) in [6, 6.07) is 3.34. The minimum absolute atomic E-state index is 0.0682. The van der Waals surface area contributed by atoms with Crippen molar-refractivity contribution in [1.29, 1.82) is 0 Å². The van der Waals surface area contributed by atoms with Gasteiger partial charge < -0.3 is 10.3 Å². The average Bonchev–Trinajstić information content (AvgIpc) is 2.80. The largest absolute Gasteiger partial charge is 0.416 e. The number of rotatable bonds is 1. The van der Waals surface area contributed by atoms with Crippen LogP contribution in [-0.4, -0.2) is 14.8 Å². The number of anilines is 1. The third kappa shape index (κ3) is 2.48. The molecule has 1 atom stereocenters. The molecule has 0 radical (unpaired) electrons. The van der Waals surface area contributed by atoms with Crippen LogP contribution in [-0.2, 0) is 19.1 Å². The van der Waals surface area contributed by atoms with E-state index in [0.717, 1.165) is 37.3 Å². The molecule has 3 rings (SSSR count). The minimum atomic E-state index is -4.40. The molecule has 2 aromatic rings. The van der Waals surface area contributed by atoms with E-state index in [-0.39, 0.29) is 5.69 Å². The van der Waals surface area contributed by atoms with Crippen LogP contribution in [0, 0.1) is 5.92 Å². The monoisotopic (exact) mass is 296 g/mol. The van der Waals surface area contributed by atoms with Crippen LogP contribution < -0.4 is 5.73 Å². The molecule has 0 amide bonds. The molecule has 1 aromatic carbocycles. The number of alkyl halides is 3. The molecule has 7 heteroatoms. The van der Waals surface area contributed by atoms with E-state index in [1.807, 2.05) is 4.57 Å². The van der Waals surface area contributed by atoms with E-state index in [0.29, 0.717) is 17.3 Å². The molecule has 0 aliphatic carbocycles. The van der Waals surface area contributed by atoms with Crippen LogP contribution in [0.4, 0.5) is 18.9 Å². The summed E-state index contributed by atoms with van der Waals surface area (Å²) in [6.07, 6.45) is -2.57. The third-order valence-corrected chi connectivity index (χ3v) is 3.82. The molecule has 2 N–H and O–H groups in total. The lowest BCUT2D eigenvalue weighted by atomic mass is 10.00. The van der Waals surface area contributed by atoms with Crippen molar-refractivity contribution in [3.8, 4) is 11.4 Å². The Hall–Kier alpha value is -2.05. The molecular weight excluding hydrogens is 281 g/mol. The molecule has 4 nitrogen and oxygen atoms in total. The molecule has 1 aliphatic heterocycles. The summed E-state index contributed by atoms with van der Waals surface area (Å²) >= 11 is 0. The molecule has 21 heavy (non-hydrogen) atoms. The van der Waals surface area contributed by atoms with E-state index in [1.165, 1.54) is 6.07 Å². The SMILES string of the molecule is CC1CCn2c(nnc2-c2ccc(C(F)(F)F)cc2N)C1. The molecule has 1 aromatic heterocycles. The van der Waals surface area contributed by atoms with Crippen molar-refractivity contribution in [1.82, 2.24) is 14.8 Å². The Bertz CT molecular complexity index is 675. The first-order chi connectivity index (χ1) is 9.86. The molecular formula is C14H15F3N4. The second-order valence-corrected chi connectivity index (χ2v) is 5.49. The van der Waals surface area contributed by atoms with Gasteiger partial charge in [-0.25, -0.2) is 0 Å². The van der Waals surface area contributed by atoms with Crippen LogP contribution in [0.3, 0.4) is 0 Å². The molecule has 0 saturated heterocycles. The molecule has 0 spiro atoms. The quantitative estimate of drug-likeness (QED) is 0.823. The Kier molecular flexibility index (Phi) is 3.15. The van der Waals surface area contributed by atoms with Gasteiger partial charge in [0.25, 0.3) is 0 Å². The summed E-state index contributed by atoms with van der Waals surface area (Å²) in [5.41, 5.74) is 5.60. The first kappa shape index (κ1) is 13.9. The van der Waals surface area contributed by atoms with E-state index in [4.69, 9.17) is 5.73 Å². The van der Waals surface area contributed by atoms with Crippen molar-refractivity contribution in [3.63, 3.8) is 0 Å². The molecule has 0 fully saturated rings. The Labute approximate surface area is 119 Å². The fraction of sp³-hybridized carbons (Fsp3) is 0.429. The van der Waals surface area contributed by atoms with E-state index in [2.05, 4.69) is 17.1 Å². The Morgan fingerprint density at radius 2 is 2.05 bits per heavy atom. The predicted octanol–water partition coefficient (Wildman–Crippen LogP) is 3.13. The summed E-state index contributed by atoms with van der Waals surface area (Å²) in [4.78, 5) is 0. The van der Waals surface area contributed by atoms with Crippen LogP contribution >= 0.6 is 0 Å². The predicted molar refractivity (Wildman–Crippen MR) is 72.4 cm³/mol. The fourth-order valence-corrected chi connectivity index (χ4v) is 2.63. The van der Waals surface area contributed by atoms with Crippen molar-refractivity contribution in [3.05, 3.63) is 29.6 Å². The summed E-state index contributed by atoms with van der Waals surface area (Å²) < 4.78 is 40.0. The number of fused-ring (bicyclic) bond motifs is 1. The minimum Gasteiger partial charge on any atom is -0.398 e. The van der Waals surface area contributed by atoms with Crippen molar-refractivity contribution in [2.45, 2.75) is 32.5 Å². The highest BCUT2D eigenvalue weighted by Crippen LogP contribution is 2.35. The van der Waals surface area contributed by atoms with Gasteiger partial charge in [-0.1, -0.05) is 6.92 Å². The van der Waals surface area contributed by atoms with Crippen LogP contribution in [0.1, 0.15) is 24.7 Å². The maximum Gasteiger partial charge on any atom is 0.416 e. The highest BCUT2D eigenvalue weighted by molar-refractivity contribution is 5.72. The van der Waals surface area contributed by atoms with Gasteiger partial charge in [-0.3, -0.25) is 0 Å². The smallest absolute Gasteiger partial charge is 0.398 e. The van der Waals surface area contributed by atoms with Gasteiger partial charge in [-0.05, 0) is 30.5 Å². The van der Waals surface area contributed by atoms with E-state index >= 15 is 0 Å². The van der Waals surface area contributed by atoms with Gasteiger partial charge in [0.2, 0.25) is 0 Å². The zero-order chi connectivity index (χ0) is 15.2. The van der Waals surface area contributed by atoms with Gasteiger partial charge in [-0.15, -0.1) is 10.2 Å². The number of hydrogen-bond acceptors (Lipinski definition) is 3. The van der Waals surface area contributed by atoms with Gasteiger partial charge in [-0.2, -0.15) is 13.2 Å². The van der Waals surface area contributed by atoms with Crippen LogP contribution in [0.25, 0.3) is 11.4 Å². The van der Waals surface area contributed by atoms with Gasteiger partial charge in [0.15, 0.2) is 5.82 Å². The second-order valence-electron chi connectivity index (χ2n) is 5.49. The summed E-state index contributed by atoms with van der Waals surface area (Å²) in [5.74, 6) is 1.95. The zero-order valence-corrected chi connectivity index (χ0v) is 11.5. The lowest BCUT2D eigenvalue weighted by Crippen LogP contribution is -2.18. The normalized spacial score (nSPS) is 18.6. The third-order valence-electron chi connectivity index (χ3n) is 3.82. The Morgan fingerprint density at radius 3 is 2.71 bits per heavy atom. The van der Waals surface area contributed by atoms with Gasteiger partial charge in [0.05, 0.1) is 5.56 Å². The topological polar surface area (TPSA) is 56.7 Å². The van der Waals surface area contributed by atoms with Crippen LogP contribution in [0.5, 0.6) is 0 Å². The highest BCUT2D eigenvalue weighted by Gasteiger charge is 2.31. The van der Waals surface area contributed by atoms with E-state index < -0.39 is 11.7 Å². The molecule has 1 aliphatic rings. The summed E-state index contributed by atoms with van der Waals surface area (Å²) in [6.45, 7) is 2.91. The first-order valence-electron chi connectivity index (χ1n) is 6.75. The standard InChI is InChI=1S/C14H15F3N4/c1-8-4-5-21-12(6-8)19-20-13(21)10-3-2-9(7-11(10)18)14(15,16)17/h2-3,7-8H,4-6,18H2,1H3. The Balaban J connectivity index is 2.02. The number of hydrogen-bond donors (Lipinski definition) is 1. The maximum atomic E-state index is 12.7. The van der Waals surface area contributed by atoms with Crippen LogP contribution in [0.15, 0.2) is 18.2 Å². The van der Waals surface area contributed by atoms with Gasteiger partial charge in [0, 0.05) is 24.2 Å². The van der Waals surface area contributed by atoms with Crippen molar-refractivity contribution < 1.29 is 13.2 Å². The lowest BCUT2D eigenvalue weighted by Gasteiger charge is -2.20. The number of nitrogens with two attached hydrogens (primary N) is 1. The van der Waals surface area contributed by atoms with E-state index in [1.54, 1.807) is 0 Å². The molecule has 0 saturated carbocycles.